The van der Waals surface area contributed by atoms with Crippen LogP contribution in [-0.4, -0.2) is 9.13 Å². The summed E-state index contributed by atoms with van der Waals surface area (Å²) in [5, 5.41) is 7.57. The minimum atomic E-state index is 1.14. The molecule has 0 N–H and O–H groups in total. The van der Waals surface area contributed by atoms with Crippen molar-refractivity contribution in [1.82, 2.24) is 9.13 Å². The van der Waals surface area contributed by atoms with Gasteiger partial charge in [-0.2, -0.15) is 0 Å². The Labute approximate surface area is 368 Å². The Kier molecular flexibility index (Phi) is 8.12. The summed E-state index contributed by atoms with van der Waals surface area (Å²) in [5.74, 6) is 0. The van der Waals surface area contributed by atoms with E-state index in [1.807, 2.05) is 11.3 Å². The van der Waals surface area contributed by atoms with E-state index in [-0.39, 0.29) is 0 Å². The fourth-order valence-corrected chi connectivity index (χ4v) is 11.5. The van der Waals surface area contributed by atoms with Crippen LogP contribution in [0.25, 0.3) is 120 Å². The van der Waals surface area contributed by atoms with Crippen molar-refractivity contribution in [2.45, 2.75) is 0 Å². The van der Waals surface area contributed by atoms with E-state index < -0.39 is 0 Å². The lowest BCUT2D eigenvalue weighted by Gasteiger charge is -2.15. The van der Waals surface area contributed by atoms with E-state index in [1.54, 1.807) is 0 Å². The van der Waals surface area contributed by atoms with Crippen LogP contribution in [0.2, 0.25) is 0 Å². The Balaban J connectivity index is 1.07. The first-order chi connectivity index (χ1) is 31.3. The Morgan fingerprint density at radius 3 is 1.62 bits per heavy atom. The highest BCUT2D eigenvalue weighted by molar-refractivity contribution is 7.26. The van der Waals surface area contributed by atoms with Gasteiger partial charge in [0.15, 0.2) is 0 Å². The molecule has 0 saturated heterocycles. The van der Waals surface area contributed by atoms with Crippen LogP contribution in [0.15, 0.2) is 231 Å². The second-order valence-electron chi connectivity index (χ2n) is 16.4. The van der Waals surface area contributed by atoms with Crippen molar-refractivity contribution in [1.29, 1.82) is 0 Å². The SMILES string of the molecule is c1ccc(-c2ccc(-n3c4ccccc4c4cccc(-c5cccc6c5c5ccccc5n6-c5ccc(-c6ccccc6-c6ccccc6)c6c5sc5ccccc56)c43)cc2)cc1. The van der Waals surface area contributed by atoms with Crippen molar-refractivity contribution >= 4 is 75.1 Å². The van der Waals surface area contributed by atoms with Crippen LogP contribution in [0, 0.1) is 0 Å². The third-order valence-corrected chi connectivity index (χ3v) is 14.2. The van der Waals surface area contributed by atoms with Gasteiger partial charge >= 0.3 is 0 Å². The van der Waals surface area contributed by atoms with Gasteiger partial charge in [0.05, 0.1) is 32.5 Å². The zero-order valence-corrected chi connectivity index (χ0v) is 35.1. The molecule has 3 aromatic heterocycles. The maximum Gasteiger partial charge on any atom is 0.0641 e. The smallest absolute Gasteiger partial charge is 0.0641 e. The van der Waals surface area contributed by atoms with Gasteiger partial charge in [-0.1, -0.05) is 188 Å². The minimum absolute atomic E-state index is 1.14. The Hall–Kier alpha value is -7.98. The highest BCUT2D eigenvalue weighted by atomic mass is 32.1. The van der Waals surface area contributed by atoms with Crippen LogP contribution < -0.4 is 0 Å². The average molecular weight is 819 g/mol. The summed E-state index contributed by atoms with van der Waals surface area (Å²) in [6, 6.07) is 84.5. The largest absolute Gasteiger partial charge is 0.309 e. The van der Waals surface area contributed by atoms with Crippen LogP contribution in [0.3, 0.4) is 0 Å². The van der Waals surface area contributed by atoms with E-state index in [4.69, 9.17) is 0 Å². The molecule has 0 atom stereocenters. The third-order valence-electron chi connectivity index (χ3n) is 13.0. The number of nitrogens with zero attached hydrogens (tertiary/aromatic N) is 2. The lowest BCUT2D eigenvalue weighted by atomic mass is 9.91. The fourth-order valence-electron chi connectivity index (χ4n) is 10.2. The highest BCUT2D eigenvalue weighted by Gasteiger charge is 2.24. The predicted molar refractivity (Wildman–Crippen MR) is 270 cm³/mol. The molecule has 63 heavy (non-hydrogen) atoms. The molecule has 3 heteroatoms. The van der Waals surface area contributed by atoms with E-state index in [0.29, 0.717) is 0 Å². The maximum absolute atomic E-state index is 2.52. The number of thiophene rings is 1. The molecule has 0 aliphatic rings. The van der Waals surface area contributed by atoms with Crippen LogP contribution in [-0.2, 0) is 0 Å². The zero-order chi connectivity index (χ0) is 41.4. The second-order valence-corrected chi connectivity index (χ2v) is 17.4. The summed E-state index contributed by atoms with van der Waals surface area (Å²) in [6.45, 7) is 0. The van der Waals surface area contributed by atoms with Crippen molar-refractivity contribution in [3.05, 3.63) is 231 Å². The Morgan fingerprint density at radius 1 is 0.286 bits per heavy atom. The van der Waals surface area contributed by atoms with Crippen LogP contribution in [0.4, 0.5) is 0 Å². The van der Waals surface area contributed by atoms with E-state index in [1.165, 1.54) is 114 Å². The molecule has 13 rings (SSSR count). The van der Waals surface area contributed by atoms with Gasteiger partial charge in [-0.25, -0.2) is 0 Å². The van der Waals surface area contributed by atoms with Crippen molar-refractivity contribution in [3.63, 3.8) is 0 Å². The number of hydrogen-bond acceptors (Lipinski definition) is 1. The summed E-state index contributed by atoms with van der Waals surface area (Å²) in [7, 11) is 0. The molecular formula is C60H38N2S. The molecule has 0 aliphatic carbocycles. The molecule has 0 radical (unpaired) electrons. The van der Waals surface area contributed by atoms with E-state index in [0.717, 1.165) is 5.69 Å². The van der Waals surface area contributed by atoms with Gasteiger partial charge in [0, 0.05) is 48.3 Å². The van der Waals surface area contributed by atoms with Gasteiger partial charge in [0.1, 0.15) is 0 Å². The molecule has 13 aromatic rings. The average Bonchev–Trinajstić information content (AvgIpc) is 4.03. The molecule has 0 bridgehead atoms. The summed E-state index contributed by atoms with van der Waals surface area (Å²) in [4.78, 5) is 0. The van der Waals surface area contributed by atoms with Crippen molar-refractivity contribution in [2.75, 3.05) is 0 Å². The summed E-state index contributed by atoms with van der Waals surface area (Å²) < 4.78 is 7.57. The molecule has 0 amide bonds. The van der Waals surface area contributed by atoms with Crippen molar-refractivity contribution < 1.29 is 0 Å². The van der Waals surface area contributed by atoms with Crippen molar-refractivity contribution in [3.8, 4) is 55.9 Å². The number of benzene rings is 10. The van der Waals surface area contributed by atoms with Crippen LogP contribution >= 0.6 is 11.3 Å². The molecule has 3 heterocycles. The van der Waals surface area contributed by atoms with Gasteiger partial charge in [-0.3, -0.25) is 0 Å². The monoisotopic (exact) mass is 818 g/mol. The summed E-state index contributed by atoms with van der Waals surface area (Å²) in [6.07, 6.45) is 0. The standard InChI is InChI=1S/C60H38N2S/c1-3-17-39(18-4-1)40-33-35-42(36-34-40)61-52-29-12-9-23-45(52)48-27-15-28-49(59(48)61)46-26-16-31-54-57(46)50-24-10-13-30-53(50)62(54)55-38-37-47(58-51-25-11-14-32-56(51)63-60(55)58)44-22-8-7-21-43(44)41-19-5-2-6-20-41/h1-38H. The van der Waals surface area contributed by atoms with Gasteiger partial charge in [0.2, 0.25) is 0 Å². The number of rotatable bonds is 6. The molecule has 294 valence electrons. The maximum atomic E-state index is 2.52. The number of fused-ring (bicyclic) bond motifs is 9. The summed E-state index contributed by atoms with van der Waals surface area (Å²) >= 11 is 1.89. The Morgan fingerprint density at radius 2 is 0.825 bits per heavy atom. The third kappa shape index (κ3) is 5.50. The van der Waals surface area contributed by atoms with Gasteiger partial charge in [-0.05, 0) is 81.4 Å². The normalized spacial score (nSPS) is 11.8. The van der Waals surface area contributed by atoms with Gasteiger partial charge in [0.25, 0.3) is 0 Å². The molecular weight excluding hydrogens is 781 g/mol. The van der Waals surface area contributed by atoms with Gasteiger partial charge in [-0.15, -0.1) is 11.3 Å². The molecule has 0 fully saturated rings. The zero-order valence-electron chi connectivity index (χ0n) is 34.2. The Bertz CT molecular complexity index is 3890. The van der Waals surface area contributed by atoms with E-state index >= 15 is 0 Å². The van der Waals surface area contributed by atoms with Crippen LogP contribution in [0.1, 0.15) is 0 Å². The number of hydrogen-bond donors (Lipinski definition) is 0. The van der Waals surface area contributed by atoms with Gasteiger partial charge < -0.3 is 9.13 Å². The lowest BCUT2D eigenvalue weighted by Crippen LogP contribution is -1.96. The number of para-hydroxylation sites is 3. The summed E-state index contributed by atoms with van der Waals surface area (Å²) in [5.41, 5.74) is 16.9. The fraction of sp³-hybridized carbons (Fsp3) is 0. The molecule has 0 saturated carbocycles. The first-order valence-corrected chi connectivity index (χ1v) is 22.4. The minimum Gasteiger partial charge on any atom is -0.309 e. The highest BCUT2D eigenvalue weighted by Crippen LogP contribution is 2.48. The van der Waals surface area contributed by atoms with Crippen molar-refractivity contribution in [2.24, 2.45) is 0 Å². The molecule has 2 nitrogen and oxygen atoms in total. The quantitative estimate of drug-likeness (QED) is 0.158. The lowest BCUT2D eigenvalue weighted by molar-refractivity contribution is 1.18. The van der Waals surface area contributed by atoms with Crippen LogP contribution in [0.5, 0.6) is 0 Å². The number of aromatic nitrogens is 2. The molecule has 10 aromatic carbocycles. The molecule has 0 spiro atoms. The van der Waals surface area contributed by atoms with E-state index in [2.05, 4.69) is 240 Å². The first kappa shape index (κ1) is 35.7. The van der Waals surface area contributed by atoms with E-state index in [9.17, 15) is 0 Å². The topological polar surface area (TPSA) is 9.86 Å². The molecule has 0 aliphatic heterocycles. The second kappa shape index (κ2) is 14.3. The predicted octanol–water partition coefficient (Wildman–Crippen LogP) is 16.9. The first-order valence-electron chi connectivity index (χ1n) is 21.6. The molecule has 0 unspecified atom stereocenters.